The lowest BCUT2D eigenvalue weighted by Crippen LogP contribution is -2.65. The normalized spacial score (nSPS) is 15.4. The third kappa shape index (κ3) is 14.3. The quantitative estimate of drug-likeness (QED) is 0.106. The number of furan rings is 4. The van der Waals surface area contributed by atoms with Gasteiger partial charge in [0.1, 0.15) is 50.8 Å². The summed E-state index contributed by atoms with van der Waals surface area (Å²) in [4.78, 5) is 26.0. The third-order valence-electron chi connectivity index (χ3n) is 22.9. The number of aryl methyl sites for hydroxylation is 11. The van der Waals surface area contributed by atoms with Crippen molar-refractivity contribution >= 4 is 140 Å². The Labute approximate surface area is 709 Å². The summed E-state index contributed by atoms with van der Waals surface area (Å²) in [6.45, 7) is 1.61. The van der Waals surface area contributed by atoms with Gasteiger partial charge in [-0.2, -0.15) is 0 Å². The van der Waals surface area contributed by atoms with E-state index < -0.39 is 34.3 Å². The average Bonchev–Trinajstić information content (AvgIpc) is 1.53. The van der Waals surface area contributed by atoms with E-state index in [1.54, 1.807) is 48.3 Å². The van der Waals surface area contributed by atoms with Crippen LogP contribution in [0, 0.1) is 48.4 Å². The monoisotopic (exact) mass is 1560 g/mol. The van der Waals surface area contributed by atoms with Crippen LogP contribution in [0.2, 0.25) is 0 Å². The van der Waals surface area contributed by atoms with Crippen LogP contribution >= 0.6 is 0 Å². The lowest BCUT2D eigenvalue weighted by atomic mass is 9.51. The fourth-order valence-corrected chi connectivity index (χ4v) is 17.0. The standard InChI is InChI=1S/2C25H25BN3O.2C24H23BN3O/c1-16-14-28(4)22(13-21(16)19-9-7-6-8-10-19)26-24-23(17(2)15-29(26)5)20-12-11-18(3)27-25(20)30-24;1-16-13-22(28(4)15-21(16)19-9-7-6-8-10-19)26-24-23(17(2)14-29(26)5)20-12-11-18(3)27-25(20)30-24;1-16-15-28(4)25(23-22(16)20-11-10-17(2)26-24(20)29-23)21-14-19(12-13-27(21)3)18-8-6-5-7-9-18;1-16-14-22(27(3)15-21(16)18-8-6-5-7-9-18)25-23-19(12-13-28(25)4)20-11-10-17(2)26-24(20)29-23/h2*6-15H,1-5H3;2*5-15H,1-4H3/q4*+1/i1D3,2D3;2D3;1D3;. The lowest BCUT2D eigenvalue weighted by molar-refractivity contribution is -0.654. The van der Waals surface area contributed by atoms with E-state index in [2.05, 4.69) is 176 Å². The molecule has 580 valence electrons. The van der Waals surface area contributed by atoms with Crippen molar-refractivity contribution in [1.82, 2.24) is 39.2 Å². The van der Waals surface area contributed by atoms with Gasteiger partial charge >= 0.3 is 27.4 Å². The van der Waals surface area contributed by atoms with Gasteiger partial charge in [0.15, 0.2) is 47.2 Å². The first-order chi connectivity index (χ1) is 61.8. The molecule has 0 saturated heterocycles. The van der Waals surface area contributed by atoms with E-state index in [-0.39, 0.29) is 42.8 Å². The van der Waals surface area contributed by atoms with Crippen molar-refractivity contribution in [3.8, 4) is 44.5 Å². The van der Waals surface area contributed by atoms with E-state index >= 15 is 0 Å². The smallest absolute Gasteiger partial charge is 0.443 e. The van der Waals surface area contributed by atoms with Crippen molar-refractivity contribution in [3.63, 3.8) is 0 Å². The molecule has 0 radical (unpaired) electrons. The molecule has 0 N–H and O–H groups in total. The maximum absolute atomic E-state index is 8.17. The molecule has 0 atom stereocenters. The number of nitrogens with zero attached hydrogens (tertiary/aromatic N) is 12. The van der Waals surface area contributed by atoms with Gasteiger partial charge in [-0.15, -0.1) is 0 Å². The number of fused-ring (bicyclic) bond motifs is 12. The second kappa shape index (κ2) is 31.4. The van der Waals surface area contributed by atoms with Crippen LogP contribution in [0.3, 0.4) is 0 Å². The molecule has 0 saturated carbocycles. The van der Waals surface area contributed by atoms with Crippen LogP contribution in [0.25, 0.3) is 112 Å². The molecular weight excluding hydrogens is 1450 g/mol. The molecule has 16 nitrogen and oxygen atoms in total. The zero-order chi connectivity index (χ0) is 92.2. The minimum atomic E-state index is -2.36. The van der Waals surface area contributed by atoms with Gasteiger partial charge in [-0.25, -0.2) is 38.2 Å². The molecule has 0 spiro atoms. The molecule has 0 unspecified atom stereocenters. The van der Waals surface area contributed by atoms with E-state index in [1.165, 1.54) is 22.3 Å². The van der Waals surface area contributed by atoms with E-state index in [0.717, 1.165) is 100 Å². The molecule has 4 aromatic carbocycles. The van der Waals surface area contributed by atoms with Crippen LogP contribution in [-0.4, -0.2) is 94.8 Å². The molecule has 4 aliphatic heterocycles. The number of aromatic nitrogens is 8. The van der Waals surface area contributed by atoms with Crippen LogP contribution in [0.4, 0.5) is 0 Å². The summed E-state index contributed by atoms with van der Waals surface area (Å²) in [6, 6.07) is 66.3. The Balaban J connectivity index is 0.000000122. The number of pyridine rings is 8. The Bertz CT molecular complexity index is 7260. The van der Waals surface area contributed by atoms with Crippen LogP contribution in [0.15, 0.2) is 267 Å². The minimum absolute atomic E-state index is 0.00182. The van der Waals surface area contributed by atoms with E-state index in [9.17, 15) is 0 Å². The van der Waals surface area contributed by atoms with Crippen molar-refractivity contribution in [2.24, 2.45) is 28.2 Å². The van der Waals surface area contributed by atoms with Crippen LogP contribution in [-0.2, 0) is 28.2 Å². The SMILES string of the molecule is Cc1ccc2c3c(oc2n1)B(c1cc(C)c(-c2ccccc2)c[n+]1C)N(C)C=C3.[2H]C([2H])([2H])C1=CN(C)B(c2cc(-c3ccccc3)c(C([2H])([2H])[2H])c[n+]2C)c2oc3nc(C)ccc3c21.[2H]C([2H])([2H])C1=CN(C)B(c2cc(-c3ccccc3)cc[n+]2C)c2oc3nc(C)ccc3c21.[2H]C([2H])([2H])C1=CN(C)B(c2cc(C)c(-c3ccccc3)c[n+]2C)c2oc3nc(C)ccc3c21. The van der Waals surface area contributed by atoms with Crippen LogP contribution in [0.5, 0.6) is 0 Å². The maximum Gasteiger partial charge on any atom is 0.443 e. The van der Waals surface area contributed by atoms with Crippen LogP contribution in [0.1, 0.15) is 98.7 Å². The molecule has 16 heterocycles. The van der Waals surface area contributed by atoms with Gasteiger partial charge in [-0.05, 0) is 238 Å². The van der Waals surface area contributed by atoms with Crippen molar-refractivity contribution in [3.05, 3.63) is 311 Å². The molecule has 20 heteroatoms. The Kier molecular flexibility index (Phi) is 17.0. The number of hydrogen-bond donors (Lipinski definition) is 0. The molecule has 16 aromatic rings. The Morgan fingerprint density at radius 3 is 1.08 bits per heavy atom. The molecule has 20 rings (SSSR count). The lowest BCUT2D eigenvalue weighted by Gasteiger charge is -2.26. The van der Waals surface area contributed by atoms with Crippen molar-refractivity contribution in [2.45, 2.75) is 68.9 Å². The van der Waals surface area contributed by atoms with Gasteiger partial charge in [0.2, 0.25) is 22.9 Å². The Hall–Kier alpha value is -13.3. The first-order valence-corrected chi connectivity index (χ1v) is 39.4. The summed E-state index contributed by atoms with van der Waals surface area (Å²) >= 11 is 0. The van der Waals surface area contributed by atoms with Gasteiger partial charge in [0.25, 0.3) is 0 Å². The van der Waals surface area contributed by atoms with Crippen molar-refractivity contribution in [1.29, 1.82) is 0 Å². The van der Waals surface area contributed by atoms with Gasteiger partial charge in [0.05, 0.1) is 0 Å². The predicted molar refractivity (Wildman–Crippen MR) is 483 cm³/mol. The summed E-state index contributed by atoms with van der Waals surface area (Å²) in [6.07, 6.45) is 17.3. The highest BCUT2D eigenvalue weighted by Crippen LogP contribution is 2.35. The zero-order valence-corrected chi connectivity index (χ0v) is 68.6. The van der Waals surface area contributed by atoms with Crippen LogP contribution < -0.4 is 63.3 Å². The van der Waals surface area contributed by atoms with Gasteiger partial charge in [-0.3, -0.25) is 0 Å². The first kappa shape index (κ1) is 63.9. The predicted octanol–water partition coefficient (Wildman–Crippen LogP) is 12.7. The number of benzene rings is 4. The second-order valence-electron chi connectivity index (χ2n) is 31.2. The molecule has 0 aliphatic carbocycles. The fourth-order valence-electron chi connectivity index (χ4n) is 17.0. The van der Waals surface area contributed by atoms with E-state index in [4.69, 9.17) is 34.1 Å². The maximum atomic E-state index is 8.17. The first-order valence-electron chi connectivity index (χ1n) is 45.4. The fraction of sp³-hybridized carbons (Fsp3) is 0.184. The zero-order valence-electron chi connectivity index (χ0n) is 80.6. The largest absolute Gasteiger partial charge is 0.449 e. The summed E-state index contributed by atoms with van der Waals surface area (Å²) < 4.78 is 131. The molecule has 0 amide bonds. The summed E-state index contributed by atoms with van der Waals surface area (Å²) in [5.41, 5.74) is 26.6. The Morgan fingerprint density at radius 2 is 0.669 bits per heavy atom. The highest BCUT2D eigenvalue weighted by molar-refractivity contribution is 6.84. The summed E-state index contributed by atoms with van der Waals surface area (Å²) in [7, 11) is 15.6. The Morgan fingerprint density at radius 1 is 0.322 bits per heavy atom. The van der Waals surface area contributed by atoms with Crippen molar-refractivity contribution < 1.29 is 52.4 Å². The highest BCUT2D eigenvalue weighted by Gasteiger charge is 2.46. The third-order valence-corrected chi connectivity index (χ3v) is 22.9. The second-order valence-corrected chi connectivity index (χ2v) is 31.2. The van der Waals surface area contributed by atoms with Gasteiger partial charge in [0, 0.05) is 130 Å². The molecule has 0 bridgehead atoms. The van der Waals surface area contributed by atoms with Gasteiger partial charge in [-0.1, -0.05) is 121 Å². The van der Waals surface area contributed by atoms with Gasteiger partial charge < -0.3 is 36.9 Å². The molecular formula is C98H96B4N12O4+4. The highest BCUT2D eigenvalue weighted by atomic mass is 16.4. The molecule has 0 fully saturated rings. The summed E-state index contributed by atoms with van der Waals surface area (Å²) in [5, 5.41) is 3.17. The van der Waals surface area contributed by atoms with E-state index in [1.807, 2.05) is 187 Å². The topological polar surface area (TPSA) is 133 Å². The molecule has 118 heavy (non-hydrogen) atoms. The number of rotatable bonds is 8. The molecule has 4 aliphatic rings. The van der Waals surface area contributed by atoms with E-state index in [0.29, 0.717) is 67.5 Å². The van der Waals surface area contributed by atoms with Crippen molar-refractivity contribution in [2.75, 3.05) is 28.2 Å². The molecule has 12 aromatic heterocycles. The average molecular weight is 1560 g/mol. The number of hydrogen-bond acceptors (Lipinski definition) is 12. The number of allylic oxidation sites excluding steroid dienone is 3. The minimum Gasteiger partial charge on any atom is -0.449 e. The summed E-state index contributed by atoms with van der Waals surface area (Å²) in [5.74, 6) is 0.